The third-order valence-corrected chi connectivity index (χ3v) is 1.38. The summed E-state index contributed by atoms with van der Waals surface area (Å²) >= 11 is 0. The molecule has 0 atom stereocenters. The Morgan fingerprint density at radius 1 is 1.20 bits per heavy atom. The molecular formula is C11H23NO3. The van der Waals surface area contributed by atoms with Gasteiger partial charge in [0, 0.05) is 0 Å². The molecule has 0 aliphatic carbocycles. The minimum atomic E-state index is -0.482. The molecule has 0 spiro atoms. The Bertz CT molecular complexity index is 151. The predicted octanol–water partition coefficient (Wildman–Crippen LogP) is 1.84. The monoisotopic (exact) mass is 217 g/mol. The lowest BCUT2D eigenvalue weighted by molar-refractivity contribution is -0.142. The zero-order valence-corrected chi connectivity index (χ0v) is 10.0. The summed E-state index contributed by atoms with van der Waals surface area (Å²) in [7, 11) is 0. The van der Waals surface area contributed by atoms with E-state index in [9.17, 15) is 4.79 Å². The van der Waals surface area contributed by atoms with Crippen molar-refractivity contribution >= 4 is 5.97 Å². The van der Waals surface area contributed by atoms with Crippen LogP contribution >= 0.6 is 0 Å². The number of unbranched alkanes of at least 4 members (excludes halogenated alkanes) is 1. The summed E-state index contributed by atoms with van der Waals surface area (Å²) in [5.74, 6) is -0.409. The van der Waals surface area contributed by atoms with Gasteiger partial charge in [-0.15, -0.1) is 0 Å². The van der Waals surface area contributed by atoms with E-state index in [0.717, 1.165) is 6.54 Å². The van der Waals surface area contributed by atoms with Crippen molar-refractivity contribution in [3.63, 3.8) is 0 Å². The topological polar surface area (TPSA) is 61.5 Å². The Morgan fingerprint density at radius 2 is 1.73 bits per heavy atom. The van der Waals surface area contributed by atoms with Gasteiger partial charge in [-0.25, -0.2) is 4.79 Å². The second kappa shape index (κ2) is 13.0. The summed E-state index contributed by atoms with van der Waals surface area (Å²) in [6.07, 6.45) is 2.39. The van der Waals surface area contributed by atoms with Gasteiger partial charge >= 0.3 is 5.97 Å². The lowest BCUT2D eigenvalue weighted by Crippen LogP contribution is -2.09. The highest BCUT2D eigenvalue weighted by Crippen LogP contribution is 1.95. The Kier molecular flexibility index (Phi) is 14.2. The second-order valence-corrected chi connectivity index (χ2v) is 2.72. The molecule has 0 rings (SSSR count). The van der Waals surface area contributed by atoms with Crippen LogP contribution < -0.4 is 5.73 Å². The summed E-state index contributed by atoms with van der Waals surface area (Å²) in [6, 6.07) is 0. The Balaban J connectivity index is 0. The van der Waals surface area contributed by atoms with Crippen LogP contribution in [-0.2, 0) is 14.3 Å². The highest BCUT2D eigenvalue weighted by molar-refractivity contribution is 5.85. The lowest BCUT2D eigenvalue weighted by Gasteiger charge is -2.04. The van der Waals surface area contributed by atoms with Crippen molar-refractivity contribution in [2.75, 3.05) is 19.8 Å². The third kappa shape index (κ3) is 13.0. The van der Waals surface area contributed by atoms with Gasteiger partial charge < -0.3 is 15.2 Å². The molecule has 0 aromatic rings. The molecule has 0 fully saturated rings. The molecule has 0 aliphatic heterocycles. The third-order valence-electron chi connectivity index (χ3n) is 1.38. The minimum Gasteiger partial charge on any atom is -0.487 e. The Hall–Kier alpha value is -1.03. The van der Waals surface area contributed by atoms with E-state index in [1.165, 1.54) is 12.8 Å². The van der Waals surface area contributed by atoms with E-state index < -0.39 is 5.97 Å². The van der Waals surface area contributed by atoms with Crippen molar-refractivity contribution in [2.45, 2.75) is 33.6 Å². The quantitative estimate of drug-likeness (QED) is 0.419. The molecule has 0 saturated heterocycles. The van der Waals surface area contributed by atoms with Gasteiger partial charge in [0.05, 0.1) is 13.2 Å². The maximum absolute atomic E-state index is 10.7. The molecule has 15 heavy (non-hydrogen) atoms. The standard InChI is InChI=1S/C7H12O3.C4H11N/c1-4-9-6(3)7(8)10-5-2;1-2-3-4-5/h3-5H2,1-2H3;2-5H2,1H3. The zero-order valence-electron chi connectivity index (χ0n) is 10.0. The molecule has 0 saturated carbocycles. The molecule has 0 amide bonds. The molecule has 4 heteroatoms. The molecule has 0 aliphatic rings. The summed E-state index contributed by atoms with van der Waals surface area (Å²) in [4.78, 5) is 10.7. The van der Waals surface area contributed by atoms with Gasteiger partial charge in [-0.1, -0.05) is 13.3 Å². The van der Waals surface area contributed by atoms with Crippen LogP contribution in [0.5, 0.6) is 0 Å². The highest BCUT2D eigenvalue weighted by atomic mass is 16.6. The highest BCUT2D eigenvalue weighted by Gasteiger charge is 2.06. The fraction of sp³-hybridized carbons (Fsp3) is 0.727. The SMILES string of the molecule is C=C(OCC)C(=O)OCC.CCCCN. The number of carbonyl (C=O) groups excluding carboxylic acids is 1. The average molecular weight is 217 g/mol. The fourth-order valence-electron chi connectivity index (χ4n) is 0.649. The summed E-state index contributed by atoms with van der Waals surface area (Å²) in [5, 5.41) is 0. The van der Waals surface area contributed by atoms with Crippen molar-refractivity contribution in [1.29, 1.82) is 0 Å². The molecule has 0 radical (unpaired) electrons. The van der Waals surface area contributed by atoms with E-state index in [2.05, 4.69) is 18.2 Å². The van der Waals surface area contributed by atoms with Gasteiger partial charge in [-0.05, 0) is 33.4 Å². The normalized spacial score (nSPS) is 8.53. The van der Waals surface area contributed by atoms with Gasteiger partial charge in [0.2, 0.25) is 0 Å². The first-order chi connectivity index (χ1) is 7.13. The maximum Gasteiger partial charge on any atom is 0.372 e. The zero-order chi connectivity index (χ0) is 12.1. The van der Waals surface area contributed by atoms with Crippen molar-refractivity contribution < 1.29 is 14.3 Å². The molecule has 2 N–H and O–H groups in total. The molecule has 0 bridgehead atoms. The van der Waals surface area contributed by atoms with Crippen molar-refractivity contribution in [1.82, 2.24) is 0 Å². The minimum absolute atomic E-state index is 0.0735. The molecule has 0 unspecified atom stereocenters. The van der Waals surface area contributed by atoms with Crippen LogP contribution in [0.15, 0.2) is 12.3 Å². The fourth-order valence-corrected chi connectivity index (χ4v) is 0.649. The van der Waals surface area contributed by atoms with Crippen LogP contribution in [0.1, 0.15) is 33.6 Å². The molecule has 90 valence electrons. The van der Waals surface area contributed by atoms with E-state index >= 15 is 0 Å². The lowest BCUT2D eigenvalue weighted by atomic mass is 10.3. The van der Waals surface area contributed by atoms with Crippen LogP contribution in [0, 0.1) is 0 Å². The second-order valence-electron chi connectivity index (χ2n) is 2.72. The molecule has 4 nitrogen and oxygen atoms in total. The van der Waals surface area contributed by atoms with E-state index in [-0.39, 0.29) is 5.76 Å². The molecule has 0 aromatic heterocycles. The number of hydrogen-bond acceptors (Lipinski definition) is 4. The number of rotatable bonds is 6. The number of hydrogen-bond donors (Lipinski definition) is 1. The van der Waals surface area contributed by atoms with Crippen LogP contribution in [0.3, 0.4) is 0 Å². The predicted molar refractivity (Wildman–Crippen MR) is 61.4 cm³/mol. The Labute approximate surface area is 92.4 Å². The maximum atomic E-state index is 10.7. The Morgan fingerprint density at radius 3 is 2.00 bits per heavy atom. The van der Waals surface area contributed by atoms with Crippen molar-refractivity contribution in [2.24, 2.45) is 5.73 Å². The van der Waals surface area contributed by atoms with Crippen LogP contribution in [0.25, 0.3) is 0 Å². The summed E-state index contributed by atoms with van der Waals surface area (Å²) in [6.45, 7) is 10.7. The first-order valence-electron chi connectivity index (χ1n) is 5.32. The van der Waals surface area contributed by atoms with Crippen LogP contribution in [0.2, 0.25) is 0 Å². The summed E-state index contributed by atoms with van der Waals surface area (Å²) < 4.78 is 9.38. The van der Waals surface area contributed by atoms with Crippen LogP contribution in [-0.4, -0.2) is 25.7 Å². The molecule has 0 aromatic carbocycles. The molecule has 0 heterocycles. The average Bonchev–Trinajstić information content (AvgIpc) is 2.20. The number of carbonyl (C=O) groups is 1. The van der Waals surface area contributed by atoms with Crippen LogP contribution in [0.4, 0.5) is 0 Å². The smallest absolute Gasteiger partial charge is 0.372 e. The van der Waals surface area contributed by atoms with Gasteiger partial charge in [0.1, 0.15) is 0 Å². The number of ether oxygens (including phenoxy) is 2. The van der Waals surface area contributed by atoms with Gasteiger partial charge in [0.15, 0.2) is 5.76 Å². The van der Waals surface area contributed by atoms with Crippen molar-refractivity contribution in [3.8, 4) is 0 Å². The van der Waals surface area contributed by atoms with Crippen molar-refractivity contribution in [3.05, 3.63) is 12.3 Å². The number of nitrogens with two attached hydrogens (primary N) is 1. The first kappa shape index (κ1) is 16.4. The largest absolute Gasteiger partial charge is 0.487 e. The van der Waals surface area contributed by atoms with E-state index in [0.29, 0.717) is 13.2 Å². The molecular weight excluding hydrogens is 194 g/mol. The first-order valence-corrected chi connectivity index (χ1v) is 5.32. The van der Waals surface area contributed by atoms with Gasteiger partial charge in [-0.3, -0.25) is 0 Å². The van der Waals surface area contributed by atoms with E-state index in [1.54, 1.807) is 13.8 Å². The van der Waals surface area contributed by atoms with E-state index in [4.69, 9.17) is 10.5 Å². The van der Waals surface area contributed by atoms with E-state index in [1.807, 2.05) is 0 Å². The summed E-state index contributed by atoms with van der Waals surface area (Å²) in [5.41, 5.74) is 5.14. The van der Waals surface area contributed by atoms with Gasteiger partial charge in [0.25, 0.3) is 0 Å². The van der Waals surface area contributed by atoms with Gasteiger partial charge in [-0.2, -0.15) is 0 Å². The number of esters is 1.